The lowest BCUT2D eigenvalue weighted by molar-refractivity contribution is 0.182. The van der Waals surface area contributed by atoms with Crippen LogP contribution in [0.1, 0.15) is 24.5 Å². The number of aromatic nitrogens is 4. The smallest absolute Gasteiger partial charge is 0.129 e. The van der Waals surface area contributed by atoms with Crippen LogP contribution >= 0.6 is 15.9 Å². The Labute approximate surface area is 120 Å². The van der Waals surface area contributed by atoms with Gasteiger partial charge in [0, 0.05) is 19.5 Å². The monoisotopic (exact) mass is 327 g/mol. The molecule has 0 aliphatic rings. The van der Waals surface area contributed by atoms with Gasteiger partial charge in [-0.1, -0.05) is 6.92 Å². The fourth-order valence-corrected chi connectivity index (χ4v) is 2.50. The predicted molar refractivity (Wildman–Crippen MR) is 75.9 cm³/mol. The van der Waals surface area contributed by atoms with Gasteiger partial charge in [0.25, 0.3) is 0 Å². The number of ether oxygens (including phenoxy) is 1. The van der Waals surface area contributed by atoms with Crippen LogP contribution in [0.5, 0.6) is 0 Å². The lowest BCUT2D eigenvalue weighted by Gasteiger charge is -2.18. The van der Waals surface area contributed by atoms with Crippen LogP contribution in [0, 0.1) is 0 Å². The molecule has 0 aliphatic carbocycles. The molecule has 0 bridgehead atoms. The van der Waals surface area contributed by atoms with Gasteiger partial charge in [0.2, 0.25) is 0 Å². The van der Waals surface area contributed by atoms with Gasteiger partial charge in [-0.15, -0.1) is 0 Å². The Bertz CT molecular complexity index is 496. The Morgan fingerprint density at radius 3 is 3.05 bits per heavy atom. The van der Waals surface area contributed by atoms with E-state index in [-0.39, 0.29) is 6.04 Å². The van der Waals surface area contributed by atoms with Crippen LogP contribution in [0.25, 0.3) is 0 Å². The first-order valence-electron chi connectivity index (χ1n) is 6.20. The molecule has 2 N–H and O–H groups in total. The summed E-state index contributed by atoms with van der Waals surface area (Å²) in [5.74, 6) is 0.877. The summed E-state index contributed by atoms with van der Waals surface area (Å²) in [5.41, 5.74) is 1.05. The van der Waals surface area contributed by atoms with Crippen molar-refractivity contribution < 1.29 is 4.74 Å². The van der Waals surface area contributed by atoms with Crippen LogP contribution in [0.2, 0.25) is 0 Å². The average Bonchev–Trinajstić information content (AvgIpc) is 3.04. The highest BCUT2D eigenvalue weighted by Gasteiger charge is 2.22. The summed E-state index contributed by atoms with van der Waals surface area (Å²) in [7, 11) is 1.69. The highest BCUT2D eigenvalue weighted by atomic mass is 79.9. The molecule has 6 nitrogen and oxygen atoms in total. The standard InChI is InChI=1S/C12H18BrN5O/c1-3-14-10(12-15-4-5-16-12)11-9(13)8-17-18(11)6-7-19-2/h4-5,8,10,14H,3,6-7H2,1-2H3,(H,15,16). The second-order valence-electron chi connectivity index (χ2n) is 4.06. The SMILES string of the molecule is CCNC(c1ncc[nH]1)c1c(Br)cnn1CCOC. The molecule has 0 fully saturated rings. The summed E-state index contributed by atoms with van der Waals surface area (Å²) < 4.78 is 8.02. The Hall–Kier alpha value is -1.18. The molecule has 19 heavy (non-hydrogen) atoms. The molecular weight excluding hydrogens is 310 g/mol. The van der Waals surface area contributed by atoms with Crippen molar-refractivity contribution in [3.63, 3.8) is 0 Å². The van der Waals surface area contributed by atoms with Gasteiger partial charge in [-0.2, -0.15) is 5.10 Å². The van der Waals surface area contributed by atoms with Gasteiger partial charge < -0.3 is 15.0 Å². The lowest BCUT2D eigenvalue weighted by atomic mass is 10.2. The molecule has 0 saturated carbocycles. The van der Waals surface area contributed by atoms with E-state index in [0.717, 1.165) is 22.5 Å². The van der Waals surface area contributed by atoms with Gasteiger partial charge in [-0.05, 0) is 22.5 Å². The van der Waals surface area contributed by atoms with Gasteiger partial charge in [0.1, 0.15) is 11.9 Å². The van der Waals surface area contributed by atoms with E-state index < -0.39 is 0 Å². The van der Waals surface area contributed by atoms with E-state index in [9.17, 15) is 0 Å². The molecule has 0 aromatic carbocycles. The maximum atomic E-state index is 5.12. The maximum absolute atomic E-state index is 5.12. The van der Waals surface area contributed by atoms with E-state index in [1.165, 1.54) is 0 Å². The highest BCUT2D eigenvalue weighted by Crippen LogP contribution is 2.26. The van der Waals surface area contributed by atoms with Crippen molar-refractivity contribution in [2.45, 2.75) is 19.5 Å². The largest absolute Gasteiger partial charge is 0.383 e. The third-order valence-electron chi connectivity index (χ3n) is 2.81. The highest BCUT2D eigenvalue weighted by molar-refractivity contribution is 9.10. The number of aromatic amines is 1. The Balaban J connectivity index is 2.33. The van der Waals surface area contributed by atoms with Crippen LogP contribution < -0.4 is 5.32 Å². The van der Waals surface area contributed by atoms with Crippen LogP contribution in [0.3, 0.4) is 0 Å². The minimum atomic E-state index is -0.0197. The summed E-state index contributed by atoms with van der Waals surface area (Å²) in [6.45, 7) is 4.24. The molecule has 2 aromatic rings. The Morgan fingerprint density at radius 2 is 2.42 bits per heavy atom. The summed E-state index contributed by atoms with van der Waals surface area (Å²) >= 11 is 3.56. The zero-order chi connectivity index (χ0) is 13.7. The Morgan fingerprint density at radius 1 is 1.58 bits per heavy atom. The van der Waals surface area contributed by atoms with Gasteiger partial charge in [-0.25, -0.2) is 4.98 Å². The molecular formula is C12H18BrN5O. The number of hydrogen-bond donors (Lipinski definition) is 2. The second-order valence-corrected chi connectivity index (χ2v) is 4.91. The molecule has 1 unspecified atom stereocenters. The van der Waals surface area contributed by atoms with Crippen molar-refractivity contribution in [2.24, 2.45) is 0 Å². The minimum Gasteiger partial charge on any atom is -0.383 e. The quantitative estimate of drug-likeness (QED) is 0.812. The van der Waals surface area contributed by atoms with E-state index in [1.807, 2.05) is 10.9 Å². The van der Waals surface area contributed by atoms with Crippen molar-refractivity contribution >= 4 is 15.9 Å². The first-order chi connectivity index (χ1) is 9.27. The van der Waals surface area contributed by atoms with E-state index in [0.29, 0.717) is 13.2 Å². The predicted octanol–water partition coefficient (Wildman–Crippen LogP) is 1.71. The van der Waals surface area contributed by atoms with Crippen molar-refractivity contribution in [1.29, 1.82) is 0 Å². The first kappa shape index (κ1) is 14.2. The third kappa shape index (κ3) is 3.23. The summed E-state index contributed by atoms with van der Waals surface area (Å²) in [6.07, 6.45) is 5.38. The molecule has 0 amide bonds. The number of rotatable bonds is 7. The van der Waals surface area contributed by atoms with Crippen molar-refractivity contribution in [3.8, 4) is 0 Å². The molecule has 2 rings (SSSR count). The molecule has 0 saturated heterocycles. The molecule has 0 spiro atoms. The summed E-state index contributed by atoms with van der Waals surface area (Å²) in [5, 5.41) is 7.79. The van der Waals surface area contributed by atoms with E-state index in [4.69, 9.17) is 4.74 Å². The van der Waals surface area contributed by atoms with Crippen LogP contribution in [-0.4, -0.2) is 40.0 Å². The molecule has 0 radical (unpaired) electrons. The van der Waals surface area contributed by atoms with Crippen LogP contribution in [-0.2, 0) is 11.3 Å². The summed E-state index contributed by atoms with van der Waals surface area (Å²) in [4.78, 5) is 7.50. The number of methoxy groups -OCH3 is 1. The Kier molecular flexibility index (Phi) is 5.12. The number of imidazole rings is 1. The van der Waals surface area contributed by atoms with Crippen molar-refractivity contribution in [1.82, 2.24) is 25.1 Å². The fraction of sp³-hybridized carbons (Fsp3) is 0.500. The van der Waals surface area contributed by atoms with Crippen LogP contribution in [0.4, 0.5) is 0 Å². The second kappa shape index (κ2) is 6.83. The lowest BCUT2D eigenvalue weighted by Crippen LogP contribution is -2.26. The summed E-state index contributed by atoms with van der Waals surface area (Å²) in [6, 6.07) is -0.0197. The van der Waals surface area contributed by atoms with Gasteiger partial charge in [0.05, 0.1) is 29.5 Å². The normalized spacial score (nSPS) is 12.8. The molecule has 104 valence electrons. The van der Waals surface area contributed by atoms with Gasteiger partial charge in [0.15, 0.2) is 0 Å². The van der Waals surface area contributed by atoms with E-state index in [1.54, 1.807) is 19.5 Å². The van der Waals surface area contributed by atoms with E-state index in [2.05, 4.69) is 43.2 Å². The maximum Gasteiger partial charge on any atom is 0.129 e. The minimum absolute atomic E-state index is 0.0197. The van der Waals surface area contributed by atoms with Crippen LogP contribution in [0.15, 0.2) is 23.1 Å². The molecule has 7 heteroatoms. The first-order valence-corrected chi connectivity index (χ1v) is 7.00. The number of H-pyrrole nitrogens is 1. The van der Waals surface area contributed by atoms with Crippen molar-refractivity contribution in [3.05, 3.63) is 34.6 Å². The topological polar surface area (TPSA) is 67.8 Å². The molecule has 2 aromatic heterocycles. The molecule has 2 heterocycles. The zero-order valence-corrected chi connectivity index (χ0v) is 12.6. The number of nitrogens with zero attached hydrogens (tertiary/aromatic N) is 3. The molecule has 1 atom stereocenters. The number of halogens is 1. The number of nitrogens with one attached hydrogen (secondary N) is 2. The third-order valence-corrected chi connectivity index (χ3v) is 3.43. The number of hydrogen-bond acceptors (Lipinski definition) is 4. The average molecular weight is 328 g/mol. The van der Waals surface area contributed by atoms with Crippen molar-refractivity contribution in [2.75, 3.05) is 20.3 Å². The van der Waals surface area contributed by atoms with Gasteiger partial charge >= 0.3 is 0 Å². The van der Waals surface area contributed by atoms with E-state index >= 15 is 0 Å². The fourth-order valence-electron chi connectivity index (χ4n) is 1.98. The van der Waals surface area contributed by atoms with Gasteiger partial charge in [-0.3, -0.25) is 4.68 Å². The molecule has 0 aliphatic heterocycles. The zero-order valence-electron chi connectivity index (χ0n) is 11.1.